The molecule has 32 heavy (non-hydrogen) atoms. The Balaban J connectivity index is 1.72. The number of amides is 1. The van der Waals surface area contributed by atoms with E-state index in [0.717, 1.165) is 29.4 Å². The first-order valence-corrected chi connectivity index (χ1v) is 11.0. The third-order valence-corrected chi connectivity index (χ3v) is 6.48. The van der Waals surface area contributed by atoms with Gasteiger partial charge in [-0.3, -0.25) is 9.59 Å². The fraction of sp³-hybridized carbons (Fsp3) is 0.292. The Morgan fingerprint density at radius 3 is 2.47 bits per heavy atom. The number of aryl methyl sites for hydroxylation is 1. The molecule has 1 amide bonds. The predicted octanol–water partition coefficient (Wildman–Crippen LogP) is 2.85. The van der Waals surface area contributed by atoms with Crippen LogP contribution in [0, 0.1) is 0 Å². The molecule has 0 N–H and O–H groups in total. The minimum absolute atomic E-state index is 0.0242. The average molecular weight is 450 g/mol. The molecule has 8 heteroatoms. The molecule has 1 aliphatic heterocycles. The molecule has 1 fully saturated rings. The Bertz CT molecular complexity index is 1380. The van der Waals surface area contributed by atoms with Gasteiger partial charge in [-0.15, -0.1) is 0 Å². The second-order valence-electron chi connectivity index (χ2n) is 8.30. The normalized spacial score (nSPS) is 15.0. The zero-order chi connectivity index (χ0) is 22.4. The number of carbonyl (C=O) groups excluding carboxylic acids is 1. The van der Waals surface area contributed by atoms with Gasteiger partial charge in [-0.05, 0) is 31.3 Å². The lowest BCUT2D eigenvalue weighted by atomic mass is 10.1. The summed E-state index contributed by atoms with van der Waals surface area (Å²) in [6.45, 7) is 3.10. The van der Waals surface area contributed by atoms with E-state index in [2.05, 4.69) is 11.9 Å². The summed E-state index contributed by atoms with van der Waals surface area (Å²) in [4.78, 5) is 30.8. The Morgan fingerprint density at radius 1 is 1.03 bits per heavy atom. The standard InChI is InChI=1S/C24H24ClN5O2/c1-27-10-12-29(13-11-27)21(31)15-19-22-18-9-8-16(25)14-20(18)28(2)23(22)24(32)30(26-19)17-6-4-3-5-7-17/h3-9,14H,10-13,15H2,1-2H3. The summed E-state index contributed by atoms with van der Waals surface area (Å²) in [5.41, 5.74) is 2.39. The van der Waals surface area contributed by atoms with E-state index in [9.17, 15) is 9.59 Å². The fourth-order valence-electron chi connectivity index (χ4n) is 4.45. The number of piperazine rings is 1. The van der Waals surface area contributed by atoms with Crippen molar-refractivity contribution in [3.63, 3.8) is 0 Å². The molecule has 164 valence electrons. The number of halogens is 1. The Labute approximate surface area is 190 Å². The quantitative estimate of drug-likeness (QED) is 0.482. The van der Waals surface area contributed by atoms with Crippen LogP contribution < -0.4 is 5.56 Å². The molecule has 2 aromatic carbocycles. The van der Waals surface area contributed by atoms with Crippen LogP contribution in [-0.4, -0.2) is 63.3 Å². The van der Waals surface area contributed by atoms with Crippen LogP contribution in [0.3, 0.4) is 0 Å². The molecule has 3 heterocycles. The monoisotopic (exact) mass is 449 g/mol. The van der Waals surface area contributed by atoms with Crippen molar-refractivity contribution in [2.45, 2.75) is 6.42 Å². The molecule has 0 spiro atoms. The van der Waals surface area contributed by atoms with E-state index in [-0.39, 0.29) is 17.9 Å². The van der Waals surface area contributed by atoms with Crippen molar-refractivity contribution < 1.29 is 4.79 Å². The Hall–Kier alpha value is -3.16. The minimum Gasteiger partial charge on any atom is -0.340 e. The summed E-state index contributed by atoms with van der Waals surface area (Å²) in [5.74, 6) is 0.0242. The van der Waals surface area contributed by atoms with Crippen molar-refractivity contribution in [3.8, 4) is 5.69 Å². The summed E-state index contributed by atoms with van der Waals surface area (Å²) >= 11 is 6.25. The number of carbonyl (C=O) groups is 1. The van der Waals surface area contributed by atoms with Gasteiger partial charge in [0.15, 0.2) is 0 Å². The van der Waals surface area contributed by atoms with Gasteiger partial charge in [-0.1, -0.05) is 35.9 Å². The third kappa shape index (κ3) is 3.47. The van der Waals surface area contributed by atoms with Crippen LogP contribution in [0.15, 0.2) is 53.3 Å². The lowest BCUT2D eigenvalue weighted by molar-refractivity contribution is -0.132. The SMILES string of the molecule is CN1CCN(C(=O)Cc2nn(-c3ccccc3)c(=O)c3c2c2ccc(Cl)cc2n3C)CC1. The molecule has 0 atom stereocenters. The summed E-state index contributed by atoms with van der Waals surface area (Å²) < 4.78 is 3.25. The molecule has 0 bridgehead atoms. The first kappa shape index (κ1) is 20.7. The smallest absolute Gasteiger partial charge is 0.296 e. The summed E-state index contributed by atoms with van der Waals surface area (Å²) in [5, 5.41) is 6.89. The highest BCUT2D eigenvalue weighted by atomic mass is 35.5. The molecule has 2 aromatic heterocycles. The Morgan fingerprint density at radius 2 is 1.75 bits per heavy atom. The van der Waals surface area contributed by atoms with Crippen LogP contribution in [0.4, 0.5) is 0 Å². The number of hydrogen-bond acceptors (Lipinski definition) is 4. The van der Waals surface area contributed by atoms with E-state index in [4.69, 9.17) is 16.7 Å². The first-order valence-electron chi connectivity index (χ1n) is 10.7. The molecule has 0 aliphatic carbocycles. The van der Waals surface area contributed by atoms with E-state index in [1.54, 1.807) is 6.07 Å². The lowest BCUT2D eigenvalue weighted by Gasteiger charge is -2.32. The van der Waals surface area contributed by atoms with E-state index >= 15 is 0 Å². The van der Waals surface area contributed by atoms with Crippen LogP contribution in [0.1, 0.15) is 5.69 Å². The topological polar surface area (TPSA) is 63.4 Å². The number of para-hydroxylation sites is 1. The van der Waals surface area contributed by atoms with Crippen LogP contribution in [0.25, 0.3) is 27.5 Å². The van der Waals surface area contributed by atoms with Crippen molar-refractivity contribution in [3.05, 3.63) is 69.6 Å². The lowest BCUT2D eigenvalue weighted by Crippen LogP contribution is -2.47. The maximum absolute atomic E-state index is 13.5. The molecule has 5 rings (SSSR count). The molecule has 1 saturated heterocycles. The second kappa shape index (κ2) is 8.07. The van der Waals surface area contributed by atoms with Gasteiger partial charge in [0.1, 0.15) is 5.52 Å². The predicted molar refractivity (Wildman–Crippen MR) is 127 cm³/mol. The second-order valence-corrected chi connectivity index (χ2v) is 8.74. The average Bonchev–Trinajstić information content (AvgIpc) is 3.09. The van der Waals surface area contributed by atoms with Gasteiger partial charge in [0.05, 0.1) is 23.3 Å². The molecule has 0 radical (unpaired) electrons. The number of rotatable bonds is 3. The highest BCUT2D eigenvalue weighted by molar-refractivity contribution is 6.31. The van der Waals surface area contributed by atoms with Gasteiger partial charge in [-0.25, -0.2) is 0 Å². The number of nitrogens with zero attached hydrogens (tertiary/aromatic N) is 5. The van der Waals surface area contributed by atoms with E-state index < -0.39 is 0 Å². The fourth-order valence-corrected chi connectivity index (χ4v) is 4.61. The van der Waals surface area contributed by atoms with Gasteiger partial charge in [0, 0.05) is 49.0 Å². The summed E-state index contributed by atoms with van der Waals surface area (Å²) in [6, 6.07) is 14.8. The maximum Gasteiger partial charge on any atom is 0.296 e. The molecular weight excluding hydrogens is 426 g/mol. The number of aromatic nitrogens is 3. The molecule has 0 unspecified atom stereocenters. The maximum atomic E-state index is 13.5. The van der Waals surface area contributed by atoms with Crippen LogP contribution in [-0.2, 0) is 18.3 Å². The van der Waals surface area contributed by atoms with Gasteiger partial charge < -0.3 is 14.4 Å². The minimum atomic E-state index is -0.225. The van der Waals surface area contributed by atoms with Gasteiger partial charge in [0.2, 0.25) is 5.91 Å². The number of fused-ring (bicyclic) bond motifs is 3. The van der Waals surface area contributed by atoms with Gasteiger partial charge >= 0.3 is 0 Å². The number of likely N-dealkylation sites (N-methyl/N-ethyl adjacent to an activating group) is 1. The first-order chi connectivity index (χ1) is 15.4. The van der Waals surface area contributed by atoms with E-state index in [1.165, 1.54) is 4.68 Å². The molecule has 0 saturated carbocycles. The van der Waals surface area contributed by atoms with Gasteiger partial charge in [0.25, 0.3) is 5.56 Å². The van der Waals surface area contributed by atoms with E-state index in [0.29, 0.717) is 35.0 Å². The Kier molecular flexibility index (Phi) is 5.23. The molecule has 4 aromatic rings. The largest absolute Gasteiger partial charge is 0.340 e. The van der Waals surface area contributed by atoms with Crippen molar-refractivity contribution in [1.29, 1.82) is 0 Å². The molecular formula is C24H24ClN5O2. The van der Waals surface area contributed by atoms with Gasteiger partial charge in [-0.2, -0.15) is 9.78 Å². The van der Waals surface area contributed by atoms with Crippen molar-refractivity contribution in [2.75, 3.05) is 33.2 Å². The van der Waals surface area contributed by atoms with E-state index in [1.807, 2.05) is 59.0 Å². The summed E-state index contributed by atoms with van der Waals surface area (Å²) in [6.07, 6.45) is 0.134. The zero-order valence-electron chi connectivity index (χ0n) is 18.1. The van der Waals surface area contributed by atoms with Crippen LogP contribution in [0.2, 0.25) is 5.02 Å². The molecule has 7 nitrogen and oxygen atoms in total. The highest BCUT2D eigenvalue weighted by Crippen LogP contribution is 2.31. The van der Waals surface area contributed by atoms with Crippen molar-refractivity contribution in [2.24, 2.45) is 7.05 Å². The third-order valence-electron chi connectivity index (χ3n) is 6.24. The highest BCUT2D eigenvalue weighted by Gasteiger charge is 2.24. The van der Waals surface area contributed by atoms with Crippen LogP contribution in [0.5, 0.6) is 0 Å². The number of benzene rings is 2. The summed E-state index contributed by atoms with van der Waals surface area (Å²) in [7, 11) is 3.91. The van der Waals surface area contributed by atoms with Crippen molar-refractivity contribution >= 4 is 39.3 Å². The number of hydrogen-bond donors (Lipinski definition) is 0. The van der Waals surface area contributed by atoms with Crippen molar-refractivity contribution in [1.82, 2.24) is 24.1 Å². The van der Waals surface area contributed by atoms with Crippen LogP contribution >= 0.6 is 11.6 Å². The zero-order valence-corrected chi connectivity index (χ0v) is 18.8. The molecule has 1 aliphatic rings.